The van der Waals surface area contributed by atoms with Gasteiger partial charge in [-0.15, -0.1) is 0 Å². The highest BCUT2D eigenvalue weighted by atomic mass is 19.1. The summed E-state index contributed by atoms with van der Waals surface area (Å²) in [6, 6.07) is 5.78. The molecule has 0 bridgehead atoms. The highest BCUT2D eigenvalue weighted by Gasteiger charge is 2.17. The number of hydrogen-bond acceptors (Lipinski definition) is 2. The van der Waals surface area contributed by atoms with E-state index in [2.05, 4.69) is 11.8 Å². The minimum atomic E-state index is -0.171. The molecule has 0 amide bonds. The summed E-state index contributed by atoms with van der Waals surface area (Å²) in [5.74, 6) is -0.171. The SMILES string of the molecule is CC1CCCCCN1Cc1cc(F)cc(CN)c1. The van der Waals surface area contributed by atoms with Crippen LogP contribution in [0.1, 0.15) is 43.7 Å². The number of nitrogens with two attached hydrogens (primary N) is 1. The number of hydrogen-bond donors (Lipinski definition) is 1. The lowest BCUT2D eigenvalue weighted by Gasteiger charge is -2.27. The van der Waals surface area contributed by atoms with E-state index in [1.54, 1.807) is 6.07 Å². The van der Waals surface area contributed by atoms with E-state index in [0.29, 0.717) is 12.6 Å². The van der Waals surface area contributed by atoms with Gasteiger partial charge in [0.15, 0.2) is 0 Å². The fraction of sp³-hybridized carbons (Fsp3) is 0.600. The summed E-state index contributed by atoms with van der Waals surface area (Å²) >= 11 is 0. The molecular weight excluding hydrogens is 227 g/mol. The molecule has 0 aliphatic carbocycles. The lowest BCUT2D eigenvalue weighted by Crippen LogP contribution is -2.32. The second-order valence-electron chi connectivity index (χ2n) is 5.34. The zero-order valence-electron chi connectivity index (χ0n) is 11.2. The van der Waals surface area contributed by atoms with Crippen LogP contribution in [-0.4, -0.2) is 17.5 Å². The molecule has 1 fully saturated rings. The van der Waals surface area contributed by atoms with Gasteiger partial charge in [0, 0.05) is 19.1 Å². The molecule has 1 heterocycles. The van der Waals surface area contributed by atoms with Crippen LogP contribution in [0.25, 0.3) is 0 Å². The van der Waals surface area contributed by atoms with Crippen LogP contribution in [0.5, 0.6) is 0 Å². The second-order valence-corrected chi connectivity index (χ2v) is 5.34. The Morgan fingerprint density at radius 2 is 2.00 bits per heavy atom. The first kappa shape index (κ1) is 13.5. The van der Waals surface area contributed by atoms with Crippen molar-refractivity contribution >= 4 is 0 Å². The van der Waals surface area contributed by atoms with Crippen molar-refractivity contribution in [2.45, 2.75) is 51.7 Å². The molecule has 100 valence electrons. The highest BCUT2D eigenvalue weighted by molar-refractivity contribution is 5.24. The van der Waals surface area contributed by atoms with Gasteiger partial charge in [-0.1, -0.05) is 18.9 Å². The highest BCUT2D eigenvalue weighted by Crippen LogP contribution is 2.20. The molecule has 2 nitrogen and oxygen atoms in total. The fourth-order valence-corrected chi connectivity index (χ4v) is 2.73. The molecule has 1 aromatic carbocycles. The molecule has 3 heteroatoms. The van der Waals surface area contributed by atoms with Gasteiger partial charge in [0.1, 0.15) is 5.82 Å². The number of benzene rings is 1. The molecule has 1 unspecified atom stereocenters. The Morgan fingerprint density at radius 3 is 2.78 bits per heavy atom. The fourth-order valence-electron chi connectivity index (χ4n) is 2.73. The summed E-state index contributed by atoms with van der Waals surface area (Å²) in [6.45, 7) is 4.64. The van der Waals surface area contributed by atoms with Crippen LogP contribution < -0.4 is 5.73 Å². The first-order valence-corrected chi connectivity index (χ1v) is 6.91. The predicted octanol–water partition coefficient (Wildman–Crippen LogP) is 3.05. The Balaban J connectivity index is 2.09. The average Bonchev–Trinajstić information content (AvgIpc) is 2.54. The molecular formula is C15H23FN2. The second kappa shape index (κ2) is 6.30. The smallest absolute Gasteiger partial charge is 0.123 e. The van der Waals surface area contributed by atoms with Crippen molar-refractivity contribution in [2.75, 3.05) is 6.54 Å². The summed E-state index contributed by atoms with van der Waals surface area (Å²) in [6.07, 6.45) is 5.13. The monoisotopic (exact) mass is 250 g/mol. The van der Waals surface area contributed by atoms with E-state index in [9.17, 15) is 4.39 Å². The normalized spacial score (nSPS) is 21.8. The maximum Gasteiger partial charge on any atom is 0.123 e. The summed E-state index contributed by atoms with van der Waals surface area (Å²) in [5.41, 5.74) is 7.52. The van der Waals surface area contributed by atoms with Crippen molar-refractivity contribution in [1.82, 2.24) is 4.90 Å². The van der Waals surface area contributed by atoms with Crippen LogP contribution >= 0.6 is 0 Å². The summed E-state index contributed by atoms with van der Waals surface area (Å²) in [4.78, 5) is 2.46. The molecule has 18 heavy (non-hydrogen) atoms. The summed E-state index contributed by atoms with van der Waals surface area (Å²) in [5, 5.41) is 0. The third kappa shape index (κ3) is 3.53. The maximum absolute atomic E-state index is 13.5. The van der Waals surface area contributed by atoms with E-state index in [0.717, 1.165) is 24.2 Å². The minimum absolute atomic E-state index is 0.171. The first-order chi connectivity index (χ1) is 8.69. The number of nitrogens with zero attached hydrogens (tertiary/aromatic N) is 1. The van der Waals surface area contributed by atoms with E-state index in [1.165, 1.54) is 31.7 Å². The number of likely N-dealkylation sites (tertiary alicyclic amines) is 1. The van der Waals surface area contributed by atoms with Gasteiger partial charge in [-0.05, 0) is 49.6 Å². The standard InChI is InChI=1S/C15H23FN2/c1-12-5-3-2-4-6-18(12)11-14-7-13(10-17)8-15(16)9-14/h7-9,12H,2-6,10-11,17H2,1H3. The number of rotatable bonds is 3. The third-order valence-corrected chi connectivity index (χ3v) is 3.83. The van der Waals surface area contributed by atoms with Crippen LogP contribution in [0.3, 0.4) is 0 Å². The number of halogens is 1. The van der Waals surface area contributed by atoms with E-state index in [-0.39, 0.29) is 5.82 Å². The lowest BCUT2D eigenvalue weighted by molar-refractivity contribution is 0.204. The Morgan fingerprint density at radius 1 is 1.22 bits per heavy atom. The molecule has 1 aromatic rings. The van der Waals surface area contributed by atoms with Gasteiger partial charge in [-0.3, -0.25) is 4.90 Å². The van der Waals surface area contributed by atoms with Gasteiger partial charge >= 0.3 is 0 Å². The van der Waals surface area contributed by atoms with Gasteiger partial charge < -0.3 is 5.73 Å². The first-order valence-electron chi connectivity index (χ1n) is 6.91. The average molecular weight is 250 g/mol. The Labute approximate surface area is 109 Å². The lowest BCUT2D eigenvalue weighted by atomic mass is 10.1. The maximum atomic E-state index is 13.5. The van der Waals surface area contributed by atoms with Crippen molar-refractivity contribution in [3.63, 3.8) is 0 Å². The van der Waals surface area contributed by atoms with Crippen LogP contribution in [0, 0.1) is 5.82 Å². The van der Waals surface area contributed by atoms with E-state index < -0.39 is 0 Å². The van der Waals surface area contributed by atoms with Crippen LogP contribution in [0.2, 0.25) is 0 Å². The molecule has 0 aromatic heterocycles. The molecule has 2 rings (SSSR count). The molecule has 1 aliphatic rings. The molecule has 0 radical (unpaired) electrons. The third-order valence-electron chi connectivity index (χ3n) is 3.83. The molecule has 1 saturated heterocycles. The minimum Gasteiger partial charge on any atom is -0.326 e. The van der Waals surface area contributed by atoms with Crippen LogP contribution in [-0.2, 0) is 13.1 Å². The van der Waals surface area contributed by atoms with Crippen molar-refractivity contribution in [2.24, 2.45) is 5.73 Å². The van der Waals surface area contributed by atoms with Crippen molar-refractivity contribution < 1.29 is 4.39 Å². The zero-order valence-corrected chi connectivity index (χ0v) is 11.2. The van der Waals surface area contributed by atoms with Gasteiger partial charge in [-0.2, -0.15) is 0 Å². The van der Waals surface area contributed by atoms with Crippen LogP contribution in [0.4, 0.5) is 4.39 Å². The largest absolute Gasteiger partial charge is 0.326 e. The van der Waals surface area contributed by atoms with Crippen molar-refractivity contribution in [1.29, 1.82) is 0 Å². The van der Waals surface area contributed by atoms with Crippen molar-refractivity contribution in [3.8, 4) is 0 Å². The molecule has 1 atom stereocenters. The summed E-state index contributed by atoms with van der Waals surface area (Å²) in [7, 11) is 0. The van der Waals surface area contributed by atoms with Crippen LogP contribution in [0.15, 0.2) is 18.2 Å². The van der Waals surface area contributed by atoms with E-state index in [1.807, 2.05) is 6.07 Å². The molecule has 0 spiro atoms. The zero-order chi connectivity index (χ0) is 13.0. The topological polar surface area (TPSA) is 29.3 Å². The Kier molecular flexibility index (Phi) is 4.72. The van der Waals surface area contributed by atoms with E-state index in [4.69, 9.17) is 5.73 Å². The molecule has 0 saturated carbocycles. The van der Waals surface area contributed by atoms with E-state index >= 15 is 0 Å². The predicted molar refractivity (Wildman–Crippen MR) is 72.6 cm³/mol. The van der Waals surface area contributed by atoms with Gasteiger partial charge in [0.2, 0.25) is 0 Å². The van der Waals surface area contributed by atoms with Crippen molar-refractivity contribution in [3.05, 3.63) is 35.1 Å². The molecule has 1 aliphatic heterocycles. The van der Waals surface area contributed by atoms with Gasteiger partial charge in [0.05, 0.1) is 0 Å². The molecule has 2 N–H and O–H groups in total. The summed E-state index contributed by atoms with van der Waals surface area (Å²) < 4.78 is 13.5. The van der Waals surface area contributed by atoms with Gasteiger partial charge in [-0.25, -0.2) is 4.39 Å². The Bertz CT molecular complexity index is 392. The van der Waals surface area contributed by atoms with Gasteiger partial charge in [0.25, 0.3) is 0 Å². The quantitative estimate of drug-likeness (QED) is 0.893. The Hall–Kier alpha value is -0.930.